The van der Waals surface area contributed by atoms with E-state index in [1.54, 1.807) is 36.9 Å². The van der Waals surface area contributed by atoms with Crippen LogP contribution in [0.25, 0.3) is 17.2 Å². The molecule has 38 heavy (non-hydrogen) atoms. The van der Waals surface area contributed by atoms with Gasteiger partial charge in [0.25, 0.3) is 5.91 Å². The molecule has 4 heterocycles. The number of benzene rings is 1. The van der Waals surface area contributed by atoms with Crippen LogP contribution in [0.2, 0.25) is 0 Å². The minimum atomic E-state index is -0.639. The van der Waals surface area contributed by atoms with Crippen molar-refractivity contribution < 1.29 is 9.18 Å². The van der Waals surface area contributed by atoms with E-state index in [9.17, 15) is 10.1 Å². The van der Waals surface area contributed by atoms with Crippen molar-refractivity contribution in [3.63, 3.8) is 0 Å². The Bertz CT molecular complexity index is 1580. The lowest BCUT2D eigenvalue weighted by atomic mass is 10.1. The molecule has 1 saturated carbocycles. The maximum Gasteiger partial charge on any atom is 0.259 e. The van der Waals surface area contributed by atoms with E-state index in [0.717, 1.165) is 24.2 Å². The Morgan fingerprint density at radius 2 is 2.08 bits per heavy atom. The normalized spacial score (nSPS) is 15.0. The highest BCUT2D eigenvalue weighted by Gasteiger charge is 2.32. The van der Waals surface area contributed by atoms with Gasteiger partial charge >= 0.3 is 0 Å². The summed E-state index contributed by atoms with van der Waals surface area (Å²) >= 11 is 0. The van der Waals surface area contributed by atoms with Gasteiger partial charge in [-0.3, -0.25) is 9.69 Å². The number of hydrogen-bond donors (Lipinski definition) is 1. The molecular formula is C27H26FN9O. The van der Waals surface area contributed by atoms with E-state index in [1.165, 1.54) is 6.07 Å². The minimum absolute atomic E-state index is 0.0948. The van der Waals surface area contributed by atoms with Gasteiger partial charge in [0.15, 0.2) is 5.82 Å². The van der Waals surface area contributed by atoms with Crippen LogP contribution in [0.1, 0.15) is 66.0 Å². The molecular weight excluding hydrogens is 485 g/mol. The Balaban J connectivity index is 1.34. The number of nitrogens with zero attached hydrogens (tertiary/aromatic N) is 8. The molecule has 6 rings (SSSR count). The Morgan fingerprint density at radius 1 is 1.24 bits per heavy atom. The number of hydrogen-bond acceptors (Lipinski definition) is 7. The van der Waals surface area contributed by atoms with Gasteiger partial charge in [-0.25, -0.2) is 14.4 Å². The lowest BCUT2D eigenvalue weighted by Gasteiger charge is -2.17. The Labute approximate surface area is 218 Å². The van der Waals surface area contributed by atoms with Crippen LogP contribution in [0.5, 0.6) is 0 Å². The summed E-state index contributed by atoms with van der Waals surface area (Å²) in [5.41, 5.74) is 3.85. The topological polar surface area (TPSA) is 118 Å². The van der Waals surface area contributed by atoms with E-state index in [1.807, 2.05) is 27.9 Å². The fourth-order valence-electron chi connectivity index (χ4n) is 4.91. The monoisotopic (exact) mass is 511 g/mol. The Hall–Kier alpha value is -4.43. The summed E-state index contributed by atoms with van der Waals surface area (Å²) in [5, 5.41) is 20.2. The van der Waals surface area contributed by atoms with Crippen molar-refractivity contribution in [1.29, 1.82) is 5.26 Å². The molecule has 0 unspecified atom stereocenters. The molecule has 11 heteroatoms. The first-order valence-corrected chi connectivity index (χ1v) is 12.6. The van der Waals surface area contributed by atoms with Gasteiger partial charge in [0.05, 0.1) is 41.6 Å². The van der Waals surface area contributed by atoms with E-state index in [0.29, 0.717) is 41.8 Å². The van der Waals surface area contributed by atoms with E-state index >= 15 is 4.39 Å². The van der Waals surface area contributed by atoms with Crippen molar-refractivity contribution in [3.8, 4) is 23.3 Å². The van der Waals surface area contributed by atoms with Gasteiger partial charge in [-0.05, 0) is 56.5 Å². The molecule has 1 fully saturated rings. The molecule has 1 aliphatic carbocycles. The summed E-state index contributed by atoms with van der Waals surface area (Å²) in [5.74, 6) is 0.0233. The number of nitriles is 1. The van der Waals surface area contributed by atoms with Crippen LogP contribution < -0.4 is 5.32 Å². The smallest absolute Gasteiger partial charge is 0.259 e. The predicted octanol–water partition coefficient (Wildman–Crippen LogP) is 4.21. The summed E-state index contributed by atoms with van der Waals surface area (Å²) in [6, 6.07) is 10.5. The number of nitrogens with one attached hydrogen (secondary N) is 1. The third-order valence-electron chi connectivity index (χ3n) is 6.95. The van der Waals surface area contributed by atoms with Crippen LogP contribution in [0, 0.1) is 17.1 Å². The van der Waals surface area contributed by atoms with E-state index in [4.69, 9.17) is 0 Å². The van der Waals surface area contributed by atoms with Crippen molar-refractivity contribution in [3.05, 3.63) is 71.3 Å². The average Bonchev–Trinajstić information content (AvgIpc) is 3.49. The summed E-state index contributed by atoms with van der Waals surface area (Å²) in [6.45, 7) is 5.17. The minimum Gasteiger partial charge on any atom is -0.310 e. The molecule has 2 aliphatic rings. The molecule has 1 amide bonds. The quantitative estimate of drug-likeness (QED) is 0.385. The van der Waals surface area contributed by atoms with Gasteiger partial charge in [0, 0.05) is 25.0 Å². The van der Waals surface area contributed by atoms with Crippen LogP contribution in [-0.4, -0.2) is 46.7 Å². The summed E-state index contributed by atoms with van der Waals surface area (Å²) < 4.78 is 19.2. The molecule has 0 bridgehead atoms. The first-order valence-electron chi connectivity index (χ1n) is 12.6. The summed E-state index contributed by atoms with van der Waals surface area (Å²) in [4.78, 5) is 24.4. The maximum absolute atomic E-state index is 15.3. The highest BCUT2D eigenvalue weighted by molar-refractivity contribution is 6.04. The third kappa shape index (κ3) is 4.33. The number of rotatable bonds is 6. The zero-order valence-corrected chi connectivity index (χ0v) is 21.1. The van der Waals surface area contributed by atoms with Crippen LogP contribution in [0.4, 0.5) is 10.2 Å². The molecule has 1 aliphatic heterocycles. The fourth-order valence-corrected chi connectivity index (χ4v) is 4.91. The molecule has 3 aromatic heterocycles. The zero-order chi connectivity index (χ0) is 26.4. The number of aromatic nitrogens is 6. The van der Waals surface area contributed by atoms with Gasteiger partial charge in [-0.1, -0.05) is 6.07 Å². The van der Waals surface area contributed by atoms with Crippen LogP contribution >= 0.6 is 0 Å². The zero-order valence-electron chi connectivity index (χ0n) is 21.1. The molecule has 0 radical (unpaired) electrons. The van der Waals surface area contributed by atoms with Gasteiger partial charge in [0.1, 0.15) is 23.7 Å². The first-order chi connectivity index (χ1) is 18.4. The van der Waals surface area contributed by atoms with Crippen LogP contribution in [0.3, 0.4) is 0 Å². The number of halogens is 1. The molecule has 1 N–H and O–H groups in total. The molecule has 0 atom stereocenters. The number of amides is 1. The molecule has 0 saturated heterocycles. The van der Waals surface area contributed by atoms with E-state index in [-0.39, 0.29) is 24.0 Å². The second-order valence-corrected chi connectivity index (χ2v) is 10.0. The third-order valence-corrected chi connectivity index (χ3v) is 6.95. The van der Waals surface area contributed by atoms with Crippen molar-refractivity contribution in [1.82, 2.24) is 34.2 Å². The number of fused-ring (bicyclic) bond motifs is 3. The maximum atomic E-state index is 15.3. The molecule has 1 aromatic carbocycles. The lowest BCUT2D eigenvalue weighted by Crippen LogP contribution is -2.23. The predicted molar refractivity (Wildman–Crippen MR) is 137 cm³/mol. The number of pyridine rings is 1. The SMILES string of the molecule is CC(C)n1cnnc1-c1cccc(NC(=O)c2cc3c(cc2F)CN(CC#N)Cc2c(C4CC4)ncn2-3)n1. The van der Waals surface area contributed by atoms with E-state index < -0.39 is 11.7 Å². The lowest BCUT2D eigenvalue weighted by molar-refractivity contribution is 0.102. The van der Waals surface area contributed by atoms with Crippen LogP contribution in [0.15, 0.2) is 43.0 Å². The van der Waals surface area contributed by atoms with Gasteiger partial charge in [0.2, 0.25) is 0 Å². The number of imidazole rings is 1. The first kappa shape index (κ1) is 23.9. The standard InChI is InChI=1S/C27H26FN9O/c1-16(2)36-15-31-34-26(36)21-4-3-5-24(32-21)33-27(38)19-11-22-18(10-20(19)28)12-35(9-8-29)13-23-25(17-6-7-17)30-14-37(22)23/h3-5,10-11,14-17H,6-7,9,12-13H2,1-2H3,(H,32,33,38). The van der Waals surface area contributed by atoms with Crippen molar-refractivity contribution in [2.75, 3.05) is 11.9 Å². The van der Waals surface area contributed by atoms with Crippen LogP contribution in [-0.2, 0) is 13.1 Å². The van der Waals surface area contributed by atoms with Crippen molar-refractivity contribution in [2.24, 2.45) is 0 Å². The summed E-state index contributed by atoms with van der Waals surface area (Å²) in [7, 11) is 0. The largest absolute Gasteiger partial charge is 0.310 e. The Morgan fingerprint density at radius 3 is 2.84 bits per heavy atom. The second kappa shape index (κ2) is 9.46. The molecule has 192 valence electrons. The van der Waals surface area contributed by atoms with Crippen molar-refractivity contribution >= 4 is 11.7 Å². The molecule has 4 aromatic rings. The molecule has 10 nitrogen and oxygen atoms in total. The summed E-state index contributed by atoms with van der Waals surface area (Å²) in [6.07, 6.45) is 5.55. The number of anilines is 1. The number of carbonyl (C=O) groups excluding carboxylic acids is 1. The van der Waals surface area contributed by atoms with Crippen molar-refractivity contribution in [2.45, 2.75) is 51.7 Å². The van der Waals surface area contributed by atoms with E-state index in [2.05, 4.69) is 31.6 Å². The van der Waals surface area contributed by atoms with Gasteiger partial charge in [-0.2, -0.15) is 5.26 Å². The van der Waals surface area contributed by atoms with Gasteiger partial charge < -0.3 is 14.5 Å². The molecule has 0 spiro atoms. The average molecular weight is 512 g/mol. The Kier molecular flexibility index (Phi) is 5.96. The highest BCUT2D eigenvalue weighted by atomic mass is 19.1. The van der Waals surface area contributed by atoms with Gasteiger partial charge in [-0.15, -0.1) is 10.2 Å². The number of carbonyl (C=O) groups is 1. The fraction of sp³-hybridized carbons (Fsp3) is 0.333. The highest BCUT2D eigenvalue weighted by Crippen LogP contribution is 2.42. The second-order valence-electron chi connectivity index (χ2n) is 10.0.